The molecule has 0 aliphatic heterocycles. The van der Waals surface area contributed by atoms with Gasteiger partial charge in [0.05, 0.1) is 6.04 Å². The number of benzene rings is 1. The molecule has 0 radical (unpaired) electrons. The summed E-state index contributed by atoms with van der Waals surface area (Å²) in [5.74, 6) is 0.346. The third-order valence-electron chi connectivity index (χ3n) is 5.62. The van der Waals surface area contributed by atoms with Crippen LogP contribution in [0.4, 0.5) is 0 Å². The zero-order valence-electron chi connectivity index (χ0n) is 19.4. The molecule has 1 unspecified atom stereocenters. The summed E-state index contributed by atoms with van der Waals surface area (Å²) in [5.41, 5.74) is 1.11. The highest BCUT2D eigenvalue weighted by Gasteiger charge is 2.21. The first kappa shape index (κ1) is 25.6. The van der Waals surface area contributed by atoms with E-state index >= 15 is 0 Å². The molecule has 164 valence electrons. The van der Waals surface area contributed by atoms with Gasteiger partial charge in [-0.05, 0) is 51.8 Å². The van der Waals surface area contributed by atoms with Crippen LogP contribution < -0.4 is 0 Å². The van der Waals surface area contributed by atoms with E-state index in [-0.39, 0.29) is 6.04 Å². The molecular formula is C27H45NO. The van der Waals surface area contributed by atoms with E-state index < -0.39 is 0 Å². The molecule has 0 fully saturated rings. The molecule has 0 saturated heterocycles. The van der Waals surface area contributed by atoms with Gasteiger partial charge in [-0.3, -0.25) is 9.69 Å². The van der Waals surface area contributed by atoms with Crippen LogP contribution in [0.2, 0.25) is 0 Å². The molecule has 0 bridgehead atoms. The predicted molar refractivity (Wildman–Crippen MR) is 127 cm³/mol. The minimum absolute atomic E-state index is 0.104. The summed E-state index contributed by atoms with van der Waals surface area (Å²) in [6.45, 7) is 2.27. The normalized spacial score (nSPS) is 12.7. The first-order valence-electron chi connectivity index (χ1n) is 12.1. The van der Waals surface area contributed by atoms with Gasteiger partial charge in [0.1, 0.15) is 0 Å². The molecule has 0 aliphatic carbocycles. The fourth-order valence-electron chi connectivity index (χ4n) is 3.91. The van der Waals surface area contributed by atoms with Crippen molar-refractivity contribution in [3.8, 4) is 0 Å². The molecule has 0 aromatic heterocycles. The summed E-state index contributed by atoms with van der Waals surface area (Å²) < 4.78 is 0. The molecule has 1 aromatic rings. The number of hydrogen-bond donors (Lipinski definition) is 0. The van der Waals surface area contributed by atoms with Gasteiger partial charge in [0, 0.05) is 6.42 Å². The summed E-state index contributed by atoms with van der Waals surface area (Å²) in [6.07, 6.45) is 22.2. The number of hydrogen-bond acceptors (Lipinski definition) is 2. The molecule has 29 heavy (non-hydrogen) atoms. The number of Topliss-reactive ketones (excluding diaryl/α,β-unsaturated/α-hetero) is 1. The number of nitrogens with zero attached hydrogens (tertiary/aromatic N) is 1. The quantitative estimate of drug-likeness (QED) is 0.185. The number of allylic oxidation sites excluding steroid dienone is 2. The molecule has 0 aliphatic rings. The Morgan fingerprint density at radius 2 is 1.31 bits per heavy atom. The third kappa shape index (κ3) is 12.7. The molecule has 0 spiro atoms. The van der Waals surface area contributed by atoms with Gasteiger partial charge in [0.15, 0.2) is 5.78 Å². The highest BCUT2D eigenvalue weighted by molar-refractivity contribution is 5.85. The van der Waals surface area contributed by atoms with Gasteiger partial charge in [0.25, 0.3) is 0 Å². The zero-order valence-corrected chi connectivity index (χ0v) is 19.4. The molecule has 2 heteroatoms. The minimum atomic E-state index is -0.104. The van der Waals surface area contributed by atoms with Crippen LogP contribution in [0.1, 0.15) is 108 Å². The lowest BCUT2D eigenvalue weighted by molar-refractivity contribution is -0.123. The average Bonchev–Trinajstić information content (AvgIpc) is 2.71. The standard InChI is InChI=1S/C27H45NO/c1-4-5-6-7-8-9-10-11-12-13-14-15-16-17-21-24-26(29)27(28(2)3)25-22-19-18-20-23-25/h11-12,18-20,22-23,27H,4-10,13-17,21,24H2,1-3H3. The molecule has 1 atom stereocenters. The Morgan fingerprint density at radius 3 is 1.86 bits per heavy atom. The molecular weight excluding hydrogens is 354 g/mol. The first-order chi connectivity index (χ1) is 14.2. The number of carbonyl (C=O) groups is 1. The van der Waals surface area contributed by atoms with Gasteiger partial charge >= 0.3 is 0 Å². The minimum Gasteiger partial charge on any atom is -0.298 e. The monoisotopic (exact) mass is 399 g/mol. The molecule has 0 saturated carbocycles. The van der Waals surface area contributed by atoms with Crippen molar-refractivity contribution in [2.24, 2.45) is 0 Å². The lowest BCUT2D eigenvalue weighted by Crippen LogP contribution is -2.27. The molecule has 1 aromatic carbocycles. The lowest BCUT2D eigenvalue weighted by Gasteiger charge is -2.23. The summed E-state index contributed by atoms with van der Waals surface area (Å²) >= 11 is 0. The zero-order chi connectivity index (χ0) is 21.2. The van der Waals surface area contributed by atoms with Crippen molar-refractivity contribution in [3.05, 3.63) is 48.0 Å². The van der Waals surface area contributed by atoms with Crippen molar-refractivity contribution in [1.82, 2.24) is 4.90 Å². The van der Waals surface area contributed by atoms with E-state index in [9.17, 15) is 4.79 Å². The summed E-state index contributed by atoms with van der Waals surface area (Å²) in [7, 11) is 3.99. The number of rotatable bonds is 18. The van der Waals surface area contributed by atoms with E-state index in [1.54, 1.807) is 0 Å². The van der Waals surface area contributed by atoms with Crippen LogP contribution in [-0.2, 0) is 4.79 Å². The van der Waals surface area contributed by atoms with Crippen molar-refractivity contribution in [3.63, 3.8) is 0 Å². The predicted octanol–water partition coefficient (Wildman–Crippen LogP) is 7.90. The van der Waals surface area contributed by atoms with Gasteiger partial charge in [-0.25, -0.2) is 0 Å². The Balaban J connectivity index is 2.02. The van der Waals surface area contributed by atoms with Crippen LogP contribution in [0.15, 0.2) is 42.5 Å². The first-order valence-corrected chi connectivity index (χ1v) is 12.1. The van der Waals surface area contributed by atoms with Crippen LogP contribution in [0.5, 0.6) is 0 Å². The topological polar surface area (TPSA) is 20.3 Å². The fourth-order valence-corrected chi connectivity index (χ4v) is 3.91. The highest BCUT2D eigenvalue weighted by atomic mass is 16.1. The van der Waals surface area contributed by atoms with Gasteiger partial charge < -0.3 is 0 Å². The molecule has 0 N–H and O–H groups in total. The van der Waals surface area contributed by atoms with Gasteiger partial charge in [-0.1, -0.05) is 101 Å². The van der Waals surface area contributed by atoms with Gasteiger partial charge in [-0.2, -0.15) is 0 Å². The second kappa shape index (κ2) is 17.4. The largest absolute Gasteiger partial charge is 0.298 e. The van der Waals surface area contributed by atoms with Crippen LogP contribution in [0, 0.1) is 0 Å². The highest BCUT2D eigenvalue weighted by Crippen LogP contribution is 2.22. The van der Waals surface area contributed by atoms with E-state index in [0.29, 0.717) is 12.2 Å². The Hall–Kier alpha value is -1.41. The maximum Gasteiger partial charge on any atom is 0.154 e. The van der Waals surface area contributed by atoms with E-state index in [2.05, 4.69) is 31.2 Å². The van der Waals surface area contributed by atoms with Crippen molar-refractivity contribution >= 4 is 5.78 Å². The van der Waals surface area contributed by atoms with Gasteiger partial charge in [-0.15, -0.1) is 0 Å². The maximum atomic E-state index is 12.7. The summed E-state index contributed by atoms with van der Waals surface area (Å²) in [4.78, 5) is 14.7. The second-order valence-corrected chi connectivity index (χ2v) is 8.58. The Bertz CT molecular complexity index is 535. The Morgan fingerprint density at radius 1 is 0.793 bits per heavy atom. The number of likely N-dealkylation sites (N-methyl/N-ethyl adjacent to an activating group) is 1. The van der Waals surface area contributed by atoms with Crippen molar-refractivity contribution < 1.29 is 4.79 Å². The smallest absolute Gasteiger partial charge is 0.154 e. The molecule has 0 heterocycles. The van der Waals surface area contributed by atoms with Crippen LogP contribution in [0.3, 0.4) is 0 Å². The van der Waals surface area contributed by atoms with E-state index in [1.165, 1.54) is 77.0 Å². The van der Waals surface area contributed by atoms with Crippen LogP contribution in [0.25, 0.3) is 0 Å². The van der Waals surface area contributed by atoms with E-state index in [1.807, 2.05) is 37.2 Å². The Kier molecular flexibility index (Phi) is 15.4. The molecule has 0 amide bonds. The van der Waals surface area contributed by atoms with Crippen molar-refractivity contribution in [1.29, 1.82) is 0 Å². The van der Waals surface area contributed by atoms with Gasteiger partial charge in [0.2, 0.25) is 0 Å². The fraction of sp³-hybridized carbons (Fsp3) is 0.667. The third-order valence-corrected chi connectivity index (χ3v) is 5.62. The SMILES string of the molecule is CCCCCCCCC=CCCCCCCCC(=O)C(c1ccccc1)N(C)C. The number of carbonyl (C=O) groups excluding carboxylic acids is 1. The molecule has 1 rings (SSSR count). The van der Waals surface area contributed by atoms with Crippen LogP contribution >= 0.6 is 0 Å². The van der Waals surface area contributed by atoms with Crippen molar-refractivity contribution in [2.75, 3.05) is 14.1 Å². The number of unbranched alkanes of at least 4 members (excludes halogenated alkanes) is 11. The Labute approximate surface area is 180 Å². The maximum absolute atomic E-state index is 12.7. The van der Waals surface area contributed by atoms with E-state index in [4.69, 9.17) is 0 Å². The van der Waals surface area contributed by atoms with Crippen LogP contribution in [-0.4, -0.2) is 24.8 Å². The van der Waals surface area contributed by atoms with E-state index in [0.717, 1.165) is 12.0 Å². The summed E-state index contributed by atoms with van der Waals surface area (Å²) in [5, 5.41) is 0. The number of ketones is 1. The molecule has 2 nitrogen and oxygen atoms in total. The average molecular weight is 400 g/mol. The van der Waals surface area contributed by atoms with Crippen molar-refractivity contribution in [2.45, 2.75) is 103 Å². The summed E-state index contributed by atoms with van der Waals surface area (Å²) in [6, 6.07) is 10.0. The second-order valence-electron chi connectivity index (χ2n) is 8.58. The lowest BCUT2D eigenvalue weighted by atomic mass is 9.97.